The molecule has 40 heavy (non-hydrogen) atoms. The molecule has 2 N–H and O–H groups in total. The molecule has 0 saturated carbocycles. The van der Waals surface area contributed by atoms with Crippen LogP contribution >= 0.6 is 0 Å². The third-order valence-corrected chi connectivity index (χ3v) is 6.95. The van der Waals surface area contributed by atoms with Gasteiger partial charge < -0.3 is 24.8 Å². The van der Waals surface area contributed by atoms with Crippen molar-refractivity contribution in [2.75, 3.05) is 30.5 Å². The fraction of sp³-hybridized carbons (Fsp3) is 0.267. The molecule has 206 valence electrons. The number of carbonyl (C=O) groups excluding carboxylic acids is 2. The molecule has 1 aliphatic rings. The monoisotopic (exact) mass is 541 g/mol. The van der Waals surface area contributed by atoms with Crippen LogP contribution in [-0.4, -0.2) is 63.8 Å². The zero-order valence-corrected chi connectivity index (χ0v) is 22.6. The first-order valence-electron chi connectivity index (χ1n) is 12.9. The largest absolute Gasteiger partial charge is 0.493 e. The van der Waals surface area contributed by atoms with Gasteiger partial charge in [-0.1, -0.05) is 18.2 Å². The van der Waals surface area contributed by atoms with Crippen LogP contribution in [0.4, 0.5) is 16.2 Å². The molecular weight excluding hydrogens is 510 g/mol. The normalized spacial score (nSPS) is 15.4. The Morgan fingerprint density at radius 3 is 2.55 bits per heavy atom. The van der Waals surface area contributed by atoms with E-state index in [0.717, 1.165) is 27.1 Å². The van der Waals surface area contributed by atoms with E-state index in [9.17, 15) is 14.7 Å². The van der Waals surface area contributed by atoms with E-state index in [1.54, 1.807) is 67.7 Å². The van der Waals surface area contributed by atoms with Gasteiger partial charge in [0.1, 0.15) is 18.2 Å². The number of fused-ring (bicyclic) bond motifs is 1. The number of ether oxygens (including phenoxy) is 2. The van der Waals surface area contributed by atoms with Crippen molar-refractivity contribution in [3.05, 3.63) is 84.8 Å². The van der Waals surface area contributed by atoms with Crippen LogP contribution in [0.5, 0.6) is 11.5 Å². The Balaban J connectivity index is 1.34. The van der Waals surface area contributed by atoms with Crippen molar-refractivity contribution in [2.45, 2.75) is 32.0 Å². The molecule has 0 aliphatic carbocycles. The number of urea groups is 1. The molecule has 1 saturated heterocycles. The third-order valence-electron chi connectivity index (χ3n) is 6.95. The highest BCUT2D eigenvalue weighted by Gasteiger charge is 2.52. The van der Waals surface area contributed by atoms with E-state index in [1.165, 1.54) is 7.11 Å². The Kier molecular flexibility index (Phi) is 7.52. The quantitative estimate of drug-likeness (QED) is 0.287. The molecule has 1 unspecified atom stereocenters. The number of aromatic nitrogens is 2. The van der Waals surface area contributed by atoms with Gasteiger partial charge in [0.05, 0.1) is 18.3 Å². The van der Waals surface area contributed by atoms with Crippen LogP contribution in [0.15, 0.2) is 79.3 Å². The van der Waals surface area contributed by atoms with Crippen molar-refractivity contribution in [2.24, 2.45) is 0 Å². The molecule has 10 heteroatoms. The molecule has 4 aromatic rings. The number of rotatable bonds is 10. The van der Waals surface area contributed by atoms with E-state index >= 15 is 0 Å². The molecule has 5 rings (SSSR count). The second-order valence-corrected chi connectivity index (χ2v) is 9.97. The Hall–Kier alpha value is -4.70. The predicted octanol–water partition coefficient (Wildman–Crippen LogP) is 4.24. The maximum Gasteiger partial charge on any atom is 0.332 e. The minimum Gasteiger partial charge on any atom is -0.493 e. The van der Waals surface area contributed by atoms with Crippen molar-refractivity contribution < 1.29 is 24.2 Å². The van der Waals surface area contributed by atoms with Gasteiger partial charge in [-0.05, 0) is 55.8 Å². The van der Waals surface area contributed by atoms with Gasteiger partial charge in [-0.15, -0.1) is 0 Å². The summed E-state index contributed by atoms with van der Waals surface area (Å²) in [5.41, 5.74) is 1.81. The summed E-state index contributed by atoms with van der Waals surface area (Å²) in [4.78, 5) is 38.4. The molecule has 1 fully saturated rings. The average Bonchev–Trinajstić information content (AvgIpc) is 3.14. The number of para-hydroxylation sites is 1. The van der Waals surface area contributed by atoms with Gasteiger partial charge in [0.2, 0.25) is 0 Å². The zero-order chi connectivity index (χ0) is 28.3. The SMILES string of the molecule is COc1ccc(N2C(=O)N(Cc3ccnc4ccccc34)C(C)(C)C2=O)cc1OCC(O)CNc1ccncc1. The number of nitrogens with zero attached hydrogens (tertiary/aromatic N) is 4. The second-order valence-electron chi connectivity index (χ2n) is 9.97. The van der Waals surface area contributed by atoms with E-state index in [0.29, 0.717) is 17.2 Å². The molecule has 10 nitrogen and oxygen atoms in total. The second kappa shape index (κ2) is 11.2. The van der Waals surface area contributed by atoms with Crippen LogP contribution in [-0.2, 0) is 11.3 Å². The molecule has 0 bridgehead atoms. The van der Waals surface area contributed by atoms with Gasteiger partial charge in [-0.2, -0.15) is 0 Å². The summed E-state index contributed by atoms with van der Waals surface area (Å²) < 4.78 is 11.3. The summed E-state index contributed by atoms with van der Waals surface area (Å²) in [6.07, 6.45) is 4.19. The minimum absolute atomic E-state index is 0.0352. The number of aliphatic hydroxyl groups is 1. The summed E-state index contributed by atoms with van der Waals surface area (Å²) in [5, 5.41) is 14.5. The van der Waals surface area contributed by atoms with Crippen molar-refractivity contribution in [1.82, 2.24) is 14.9 Å². The number of nitrogens with one attached hydrogen (secondary N) is 1. The lowest BCUT2D eigenvalue weighted by atomic mass is 10.0. The molecule has 1 atom stereocenters. The first kappa shape index (κ1) is 26.9. The van der Waals surface area contributed by atoms with E-state index in [4.69, 9.17) is 9.47 Å². The van der Waals surface area contributed by atoms with Gasteiger partial charge in [0, 0.05) is 48.8 Å². The van der Waals surface area contributed by atoms with E-state index in [1.807, 2.05) is 30.3 Å². The number of anilines is 2. The Labute approximate surface area is 232 Å². The summed E-state index contributed by atoms with van der Waals surface area (Å²) in [6.45, 7) is 3.94. The molecule has 0 radical (unpaired) electrons. The maximum atomic E-state index is 13.7. The lowest BCUT2D eigenvalue weighted by Gasteiger charge is -2.28. The minimum atomic E-state index is -1.09. The van der Waals surface area contributed by atoms with E-state index < -0.39 is 17.7 Å². The predicted molar refractivity (Wildman–Crippen MR) is 151 cm³/mol. The highest BCUT2D eigenvalue weighted by molar-refractivity contribution is 6.23. The summed E-state index contributed by atoms with van der Waals surface area (Å²) in [6, 6.07) is 17.6. The Bertz CT molecular complexity index is 1520. The van der Waals surface area contributed by atoms with Gasteiger partial charge >= 0.3 is 6.03 Å². The van der Waals surface area contributed by atoms with Gasteiger partial charge in [-0.3, -0.25) is 14.8 Å². The smallest absolute Gasteiger partial charge is 0.332 e. The number of benzene rings is 2. The van der Waals surface area contributed by atoms with Gasteiger partial charge in [0.25, 0.3) is 5.91 Å². The first-order chi connectivity index (χ1) is 19.3. The number of aliphatic hydroxyl groups excluding tert-OH is 1. The highest BCUT2D eigenvalue weighted by atomic mass is 16.5. The van der Waals surface area contributed by atoms with Crippen molar-refractivity contribution in [3.8, 4) is 11.5 Å². The summed E-state index contributed by atoms with van der Waals surface area (Å²) >= 11 is 0. The van der Waals surface area contributed by atoms with Crippen LogP contribution in [0.2, 0.25) is 0 Å². The number of hydrogen-bond acceptors (Lipinski definition) is 8. The van der Waals surface area contributed by atoms with Crippen LogP contribution in [0.3, 0.4) is 0 Å². The average molecular weight is 542 g/mol. The fourth-order valence-electron chi connectivity index (χ4n) is 4.66. The van der Waals surface area contributed by atoms with Gasteiger partial charge in [-0.25, -0.2) is 9.69 Å². The third kappa shape index (κ3) is 5.26. The molecule has 1 aliphatic heterocycles. The van der Waals surface area contributed by atoms with Crippen LogP contribution < -0.4 is 19.7 Å². The molecule has 3 heterocycles. The molecule has 3 amide bonds. The molecule has 2 aromatic heterocycles. The van der Waals surface area contributed by atoms with Crippen LogP contribution in [0.1, 0.15) is 19.4 Å². The van der Waals surface area contributed by atoms with Crippen molar-refractivity contribution in [3.63, 3.8) is 0 Å². The summed E-state index contributed by atoms with van der Waals surface area (Å²) in [5.74, 6) is 0.366. The standard InChI is InChI=1S/C30H31N5O5/c1-30(2)28(37)35(29(38)34(30)18-20-10-15-32-25-7-5-4-6-24(20)25)22-8-9-26(39-3)27(16-22)40-19-23(36)17-33-21-11-13-31-14-12-21/h4-16,23,36H,17-19H2,1-3H3,(H,31,33). The maximum absolute atomic E-state index is 13.7. The summed E-state index contributed by atoms with van der Waals surface area (Å²) in [7, 11) is 1.50. The van der Waals surface area contributed by atoms with Crippen molar-refractivity contribution in [1.29, 1.82) is 0 Å². The van der Waals surface area contributed by atoms with Crippen LogP contribution in [0, 0.1) is 0 Å². The zero-order valence-electron chi connectivity index (χ0n) is 22.6. The topological polar surface area (TPSA) is 117 Å². The van der Waals surface area contributed by atoms with Crippen LogP contribution in [0.25, 0.3) is 10.9 Å². The molecule has 0 spiro atoms. The number of amides is 3. The number of methoxy groups -OCH3 is 1. The van der Waals surface area contributed by atoms with Gasteiger partial charge in [0.15, 0.2) is 11.5 Å². The first-order valence-corrected chi connectivity index (χ1v) is 12.9. The number of imide groups is 1. The fourth-order valence-corrected chi connectivity index (χ4v) is 4.66. The van der Waals surface area contributed by atoms with Crippen molar-refractivity contribution >= 4 is 34.2 Å². The number of hydrogen-bond donors (Lipinski definition) is 2. The number of pyridine rings is 2. The number of carbonyl (C=O) groups is 2. The lowest BCUT2D eigenvalue weighted by molar-refractivity contribution is -0.123. The van der Waals surface area contributed by atoms with E-state index in [2.05, 4.69) is 15.3 Å². The lowest BCUT2D eigenvalue weighted by Crippen LogP contribution is -2.43. The highest BCUT2D eigenvalue weighted by Crippen LogP contribution is 2.38. The Morgan fingerprint density at radius 2 is 1.77 bits per heavy atom. The molecular formula is C30H31N5O5. The molecule has 2 aromatic carbocycles. The van der Waals surface area contributed by atoms with E-state index in [-0.39, 0.29) is 25.6 Å². The Morgan fingerprint density at radius 1 is 1.00 bits per heavy atom.